The molecule has 0 N–H and O–H groups in total. The molecule has 0 unspecified atom stereocenters. The van der Waals surface area contributed by atoms with Crippen molar-refractivity contribution in [1.82, 2.24) is 9.38 Å². The second-order valence-corrected chi connectivity index (χ2v) is 6.91. The number of rotatable bonds is 1. The quantitative estimate of drug-likeness (QED) is 0.313. The highest BCUT2D eigenvalue weighted by Crippen LogP contribution is 2.35. The van der Waals surface area contributed by atoms with Gasteiger partial charge in [0.25, 0.3) is 0 Å². The van der Waals surface area contributed by atoms with Crippen LogP contribution in [0.15, 0.2) is 97.1 Å². The monoisotopic (exact) mass is 344 g/mol. The van der Waals surface area contributed by atoms with Crippen molar-refractivity contribution in [3.63, 3.8) is 0 Å². The van der Waals surface area contributed by atoms with E-state index >= 15 is 0 Å². The molecule has 2 nitrogen and oxygen atoms in total. The zero-order valence-corrected chi connectivity index (χ0v) is 14.6. The average molecular weight is 344 g/mol. The third-order valence-corrected chi connectivity index (χ3v) is 5.35. The zero-order chi connectivity index (χ0) is 17.8. The van der Waals surface area contributed by atoms with Gasteiger partial charge in [-0.05, 0) is 39.9 Å². The van der Waals surface area contributed by atoms with Crippen molar-refractivity contribution >= 4 is 38.2 Å². The molecule has 2 aromatic heterocycles. The Balaban J connectivity index is 1.92. The summed E-state index contributed by atoms with van der Waals surface area (Å²) >= 11 is 0. The van der Waals surface area contributed by atoms with Gasteiger partial charge < -0.3 is 0 Å². The van der Waals surface area contributed by atoms with Crippen LogP contribution in [0.2, 0.25) is 0 Å². The summed E-state index contributed by atoms with van der Waals surface area (Å²) < 4.78 is 2.30. The van der Waals surface area contributed by atoms with E-state index in [9.17, 15) is 0 Å². The minimum Gasteiger partial charge on any atom is -0.292 e. The SMILES string of the molecule is c1ccc(-c2cc3ccc4ccccc4c3c3nc4ccccc4n23)cc1. The van der Waals surface area contributed by atoms with E-state index in [1.165, 1.54) is 32.8 Å². The molecule has 0 aliphatic rings. The Morgan fingerprint density at radius 3 is 2.30 bits per heavy atom. The van der Waals surface area contributed by atoms with Crippen molar-refractivity contribution in [2.24, 2.45) is 0 Å². The van der Waals surface area contributed by atoms with Crippen molar-refractivity contribution in [3.8, 4) is 11.3 Å². The maximum Gasteiger partial charge on any atom is 0.146 e. The topological polar surface area (TPSA) is 17.3 Å². The van der Waals surface area contributed by atoms with E-state index < -0.39 is 0 Å². The second kappa shape index (κ2) is 5.42. The predicted octanol–water partition coefficient (Wildman–Crippen LogP) is 6.46. The highest BCUT2D eigenvalue weighted by atomic mass is 15.0. The number of hydrogen-bond donors (Lipinski definition) is 0. The number of nitrogens with zero attached hydrogens (tertiary/aromatic N) is 2. The maximum absolute atomic E-state index is 5.04. The molecule has 0 atom stereocenters. The number of imidazole rings is 1. The molecule has 0 bridgehead atoms. The number of aromatic nitrogens is 2. The predicted molar refractivity (Wildman–Crippen MR) is 113 cm³/mol. The van der Waals surface area contributed by atoms with Gasteiger partial charge in [-0.2, -0.15) is 0 Å². The second-order valence-electron chi connectivity index (χ2n) is 6.91. The minimum atomic E-state index is 1.02. The molecule has 27 heavy (non-hydrogen) atoms. The van der Waals surface area contributed by atoms with Gasteiger partial charge >= 0.3 is 0 Å². The van der Waals surface area contributed by atoms with Gasteiger partial charge in [-0.3, -0.25) is 4.40 Å². The van der Waals surface area contributed by atoms with Gasteiger partial charge in [-0.1, -0.05) is 78.9 Å². The fourth-order valence-electron chi connectivity index (χ4n) is 4.13. The van der Waals surface area contributed by atoms with Crippen LogP contribution in [0.1, 0.15) is 0 Å². The summed E-state index contributed by atoms with van der Waals surface area (Å²) in [4.78, 5) is 5.04. The molecule has 0 aliphatic carbocycles. The van der Waals surface area contributed by atoms with Crippen LogP contribution in [-0.2, 0) is 0 Å². The summed E-state index contributed by atoms with van der Waals surface area (Å²) in [6.45, 7) is 0. The van der Waals surface area contributed by atoms with Crippen LogP contribution in [0.25, 0.3) is 49.5 Å². The van der Waals surface area contributed by atoms with Crippen LogP contribution in [-0.4, -0.2) is 9.38 Å². The van der Waals surface area contributed by atoms with Crippen LogP contribution in [0.3, 0.4) is 0 Å². The Hall–Kier alpha value is -3.65. The Morgan fingerprint density at radius 2 is 1.37 bits per heavy atom. The van der Waals surface area contributed by atoms with Gasteiger partial charge in [0, 0.05) is 5.39 Å². The van der Waals surface area contributed by atoms with Crippen LogP contribution < -0.4 is 0 Å². The molecule has 0 saturated heterocycles. The highest BCUT2D eigenvalue weighted by molar-refractivity contribution is 6.16. The van der Waals surface area contributed by atoms with Crippen LogP contribution in [0.5, 0.6) is 0 Å². The van der Waals surface area contributed by atoms with Gasteiger partial charge in [0.05, 0.1) is 16.7 Å². The average Bonchev–Trinajstić information content (AvgIpc) is 3.13. The molecule has 0 spiro atoms. The fourth-order valence-corrected chi connectivity index (χ4v) is 4.13. The molecule has 126 valence electrons. The zero-order valence-electron chi connectivity index (χ0n) is 14.6. The van der Waals surface area contributed by atoms with Gasteiger partial charge in [-0.25, -0.2) is 4.98 Å². The fraction of sp³-hybridized carbons (Fsp3) is 0. The number of hydrogen-bond acceptors (Lipinski definition) is 1. The summed E-state index contributed by atoms with van der Waals surface area (Å²) in [6.07, 6.45) is 0. The number of fused-ring (bicyclic) bond motifs is 7. The van der Waals surface area contributed by atoms with Crippen molar-refractivity contribution in [3.05, 3.63) is 97.1 Å². The Labute approximate surface area is 156 Å². The van der Waals surface area contributed by atoms with E-state index in [1.54, 1.807) is 0 Å². The molecule has 6 rings (SSSR count). The Morgan fingerprint density at radius 1 is 0.630 bits per heavy atom. The molecular weight excluding hydrogens is 328 g/mol. The normalized spacial score (nSPS) is 11.7. The summed E-state index contributed by atoms with van der Waals surface area (Å²) in [6, 6.07) is 34.2. The molecule has 2 heteroatoms. The van der Waals surface area contributed by atoms with Gasteiger partial charge in [0.2, 0.25) is 0 Å². The molecule has 6 aromatic rings. The van der Waals surface area contributed by atoms with E-state index in [1.807, 2.05) is 0 Å². The third kappa shape index (κ3) is 2.04. The first-order chi connectivity index (χ1) is 13.4. The van der Waals surface area contributed by atoms with E-state index in [-0.39, 0.29) is 0 Å². The van der Waals surface area contributed by atoms with Crippen LogP contribution in [0.4, 0.5) is 0 Å². The summed E-state index contributed by atoms with van der Waals surface area (Å²) in [5, 5.41) is 4.92. The van der Waals surface area contributed by atoms with Crippen molar-refractivity contribution < 1.29 is 0 Å². The lowest BCUT2D eigenvalue weighted by atomic mass is 10.0. The smallest absolute Gasteiger partial charge is 0.146 e. The van der Waals surface area contributed by atoms with E-state index in [0.717, 1.165) is 16.7 Å². The molecule has 0 saturated carbocycles. The first-order valence-electron chi connectivity index (χ1n) is 9.17. The molecule has 0 aliphatic heterocycles. The lowest BCUT2D eigenvalue weighted by molar-refractivity contribution is 1.25. The van der Waals surface area contributed by atoms with Gasteiger partial charge in [-0.15, -0.1) is 0 Å². The summed E-state index contributed by atoms with van der Waals surface area (Å²) in [5.74, 6) is 0. The highest BCUT2D eigenvalue weighted by Gasteiger charge is 2.15. The van der Waals surface area contributed by atoms with Crippen LogP contribution >= 0.6 is 0 Å². The summed E-state index contributed by atoms with van der Waals surface area (Å²) in [7, 11) is 0. The number of para-hydroxylation sites is 2. The van der Waals surface area contributed by atoms with E-state index in [4.69, 9.17) is 4.98 Å². The first-order valence-corrected chi connectivity index (χ1v) is 9.17. The maximum atomic E-state index is 5.04. The van der Waals surface area contributed by atoms with Crippen molar-refractivity contribution in [2.45, 2.75) is 0 Å². The van der Waals surface area contributed by atoms with E-state index in [0.29, 0.717) is 0 Å². The van der Waals surface area contributed by atoms with Crippen molar-refractivity contribution in [2.75, 3.05) is 0 Å². The van der Waals surface area contributed by atoms with Gasteiger partial charge in [0.1, 0.15) is 5.65 Å². The molecule has 0 amide bonds. The largest absolute Gasteiger partial charge is 0.292 e. The van der Waals surface area contributed by atoms with Gasteiger partial charge in [0.15, 0.2) is 0 Å². The Bertz CT molecular complexity index is 1460. The number of benzene rings is 4. The summed E-state index contributed by atoms with van der Waals surface area (Å²) in [5.41, 5.74) is 5.54. The minimum absolute atomic E-state index is 1.02. The molecule has 0 fully saturated rings. The third-order valence-electron chi connectivity index (χ3n) is 5.35. The molecule has 2 heterocycles. The molecule has 0 radical (unpaired) electrons. The van der Waals surface area contributed by atoms with Crippen molar-refractivity contribution in [1.29, 1.82) is 0 Å². The first kappa shape index (κ1) is 14.5. The number of pyridine rings is 1. The molecular formula is C25H16N2. The van der Waals surface area contributed by atoms with E-state index in [2.05, 4.69) is 101 Å². The lowest BCUT2D eigenvalue weighted by Gasteiger charge is -2.12. The standard InChI is InChI=1S/C25H16N2/c1-2-9-18(10-3-1)23-16-19-15-14-17-8-4-5-11-20(17)24(19)25-26-21-12-6-7-13-22(21)27(23)25/h1-16H. The Kier molecular flexibility index (Phi) is 2.91. The lowest BCUT2D eigenvalue weighted by Crippen LogP contribution is -1.94. The van der Waals surface area contributed by atoms with Crippen LogP contribution in [0, 0.1) is 0 Å². The molecule has 4 aromatic carbocycles.